The Bertz CT molecular complexity index is 622. The minimum absolute atomic E-state index is 0.0710. The Kier molecular flexibility index (Phi) is 3.66. The molecule has 1 aliphatic rings. The molecule has 1 unspecified atom stereocenters. The summed E-state index contributed by atoms with van der Waals surface area (Å²) in [5.41, 5.74) is 7.43. The van der Waals surface area contributed by atoms with Gasteiger partial charge in [-0.3, -0.25) is 5.84 Å². The Balaban J connectivity index is 2.01. The number of nitrogens with two attached hydrogens (primary N) is 1. The van der Waals surface area contributed by atoms with Crippen molar-refractivity contribution in [3.63, 3.8) is 0 Å². The van der Waals surface area contributed by atoms with Gasteiger partial charge in [0.2, 0.25) is 0 Å². The summed E-state index contributed by atoms with van der Waals surface area (Å²) in [7, 11) is 0. The molecule has 2 aromatic carbocycles. The maximum atomic E-state index is 6.14. The highest BCUT2D eigenvalue weighted by Gasteiger charge is 2.18. The van der Waals surface area contributed by atoms with Crippen LogP contribution in [0.4, 0.5) is 0 Å². The number of hydrazine groups is 1. The van der Waals surface area contributed by atoms with Crippen molar-refractivity contribution >= 4 is 11.6 Å². The molecule has 0 radical (unpaired) electrons. The lowest BCUT2D eigenvalue weighted by molar-refractivity contribution is 0.357. The Morgan fingerprint density at radius 2 is 2.05 bits per heavy atom. The van der Waals surface area contributed by atoms with Crippen LogP contribution in [0, 0.1) is 6.92 Å². The molecule has 3 N–H and O–H groups in total. The third kappa shape index (κ3) is 2.52. The van der Waals surface area contributed by atoms with Gasteiger partial charge in [0.05, 0.1) is 12.6 Å². The van der Waals surface area contributed by atoms with Gasteiger partial charge in [-0.05, 0) is 47.4 Å². The van der Waals surface area contributed by atoms with Gasteiger partial charge in [-0.1, -0.05) is 29.8 Å². The summed E-state index contributed by atoms with van der Waals surface area (Å²) in [6, 6.07) is 12.1. The van der Waals surface area contributed by atoms with E-state index in [0.29, 0.717) is 0 Å². The molecule has 1 aliphatic heterocycles. The first-order valence-electron chi connectivity index (χ1n) is 6.66. The standard InChI is InChI=1S/C16H17ClN2O/c1-10-6-13(9-14(17)7-10)16(19-18)12-2-3-15-11(8-12)4-5-20-15/h2-3,6-9,16,19H,4-5,18H2,1H3. The van der Waals surface area contributed by atoms with Gasteiger partial charge >= 0.3 is 0 Å². The Morgan fingerprint density at radius 3 is 2.80 bits per heavy atom. The molecule has 3 rings (SSSR count). The molecule has 2 aromatic rings. The highest BCUT2D eigenvalue weighted by molar-refractivity contribution is 6.30. The van der Waals surface area contributed by atoms with Gasteiger partial charge in [0.15, 0.2) is 0 Å². The molecule has 1 heterocycles. The van der Waals surface area contributed by atoms with Gasteiger partial charge in [0.25, 0.3) is 0 Å². The van der Waals surface area contributed by atoms with E-state index in [9.17, 15) is 0 Å². The fraction of sp³-hybridized carbons (Fsp3) is 0.250. The number of hydrogen-bond acceptors (Lipinski definition) is 3. The maximum Gasteiger partial charge on any atom is 0.122 e. The maximum absolute atomic E-state index is 6.14. The van der Waals surface area contributed by atoms with Gasteiger partial charge in [-0.2, -0.15) is 0 Å². The normalized spacial score (nSPS) is 14.8. The van der Waals surface area contributed by atoms with Crippen molar-refractivity contribution in [1.82, 2.24) is 5.43 Å². The first kappa shape index (κ1) is 13.4. The van der Waals surface area contributed by atoms with E-state index in [1.54, 1.807) is 0 Å². The van der Waals surface area contributed by atoms with Gasteiger partial charge in [-0.15, -0.1) is 0 Å². The number of hydrogen-bond donors (Lipinski definition) is 2. The summed E-state index contributed by atoms with van der Waals surface area (Å²) in [5, 5.41) is 0.727. The van der Waals surface area contributed by atoms with Crippen molar-refractivity contribution in [2.45, 2.75) is 19.4 Å². The zero-order chi connectivity index (χ0) is 14.1. The smallest absolute Gasteiger partial charge is 0.122 e. The lowest BCUT2D eigenvalue weighted by Gasteiger charge is -2.18. The lowest BCUT2D eigenvalue weighted by atomic mass is 9.96. The van der Waals surface area contributed by atoms with Crippen molar-refractivity contribution in [3.05, 3.63) is 63.7 Å². The van der Waals surface area contributed by atoms with Crippen LogP contribution in [0.3, 0.4) is 0 Å². The van der Waals surface area contributed by atoms with Crippen LogP contribution < -0.4 is 16.0 Å². The summed E-state index contributed by atoms with van der Waals surface area (Å²) in [6.07, 6.45) is 0.953. The van der Waals surface area contributed by atoms with E-state index in [0.717, 1.165) is 40.5 Å². The van der Waals surface area contributed by atoms with Crippen LogP contribution in [0.15, 0.2) is 36.4 Å². The molecule has 0 bridgehead atoms. The fourth-order valence-corrected chi connectivity index (χ4v) is 3.00. The van der Waals surface area contributed by atoms with E-state index in [2.05, 4.69) is 17.6 Å². The molecular weight excluding hydrogens is 272 g/mol. The SMILES string of the molecule is Cc1cc(Cl)cc(C(NN)c2ccc3c(c2)CCO3)c1. The number of halogens is 1. The van der Waals surface area contributed by atoms with Crippen molar-refractivity contribution in [1.29, 1.82) is 0 Å². The molecule has 0 aromatic heterocycles. The molecule has 0 fully saturated rings. The second-order valence-electron chi connectivity index (χ2n) is 5.13. The molecule has 1 atom stereocenters. The number of fused-ring (bicyclic) bond motifs is 1. The van der Waals surface area contributed by atoms with Crippen LogP contribution in [0.5, 0.6) is 5.75 Å². The molecule has 0 aliphatic carbocycles. The van der Waals surface area contributed by atoms with Gasteiger partial charge in [-0.25, -0.2) is 5.43 Å². The van der Waals surface area contributed by atoms with Crippen molar-refractivity contribution < 1.29 is 4.74 Å². The van der Waals surface area contributed by atoms with Crippen LogP contribution in [0.2, 0.25) is 5.02 Å². The largest absolute Gasteiger partial charge is 0.493 e. The first-order valence-corrected chi connectivity index (χ1v) is 7.04. The molecule has 0 saturated carbocycles. The summed E-state index contributed by atoms with van der Waals surface area (Å²) < 4.78 is 5.54. The third-order valence-electron chi connectivity index (χ3n) is 3.61. The number of benzene rings is 2. The monoisotopic (exact) mass is 288 g/mol. The first-order chi connectivity index (χ1) is 9.67. The highest BCUT2D eigenvalue weighted by atomic mass is 35.5. The molecule has 0 saturated heterocycles. The topological polar surface area (TPSA) is 47.3 Å². The highest BCUT2D eigenvalue weighted by Crippen LogP contribution is 2.31. The van der Waals surface area contributed by atoms with E-state index in [1.807, 2.05) is 31.2 Å². The van der Waals surface area contributed by atoms with Crippen LogP contribution in [-0.4, -0.2) is 6.61 Å². The zero-order valence-electron chi connectivity index (χ0n) is 11.3. The lowest BCUT2D eigenvalue weighted by Crippen LogP contribution is -2.29. The molecule has 0 amide bonds. The summed E-state index contributed by atoms with van der Waals surface area (Å²) in [4.78, 5) is 0. The quantitative estimate of drug-likeness (QED) is 0.674. The Hall–Kier alpha value is -1.55. The predicted molar refractivity (Wildman–Crippen MR) is 81.0 cm³/mol. The average molecular weight is 289 g/mol. The molecule has 20 heavy (non-hydrogen) atoms. The molecule has 3 nitrogen and oxygen atoms in total. The average Bonchev–Trinajstić information content (AvgIpc) is 2.86. The summed E-state index contributed by atoms with van der Waals surface area (Å²) in [6.45, 7) is 2.79. The number of rotatable bonds is 3. The third-order valence-corrected chi connectivity index (χ3v) is 3.83. The van der Waals surface area contributed by atoms with E-state index in [4.69, 9.17) is 22.2 Å². The minimum atomic E-state index is -0.0710. The second-order valence-corrected chi connectivity index (χ2v) is 5.56. The minimum Gasteiger partial charge on any atom is -0.493 e. The molecule has 0 spiro atoms. The van der Waals surface area contributed by atoms with Crippen molar-refractivity contribution in [2.75, 3.05) is 6.61 Å². The van der Waals surface area contributed by atoms with E-state index in [-0.39, 0.29) is 6.04 Å². The van der Waals surface area contributed by atoms with Crippen LogP contribution in [-0.2, 0) is 6.42 Å². The van der Waals surface area contributed by atoms with E-state index >= 15 is 0 Å². The number of nitrogens with one attached hydrogen (secondary N) is 1. The Labute approximate surface area is 123 Å². The summed E-state index contributed by atoms with van der Waals surface area (Å²) >= 11 is 6.14. The van der Waals surface area contributed by atoms with E-state index < -0.39 is 0 Å². The van der Waals surface area contributed by atoms with Crippen LogP contribution in [0.25, 0.3) is 0 Å². The van der Waals surface area contributed by atoms with Gasteiger partial charge in [0.1, 0.15) is 5.75 Å². The molecule has 4 heteroatoms. The molecule has 104 valence electrons. The number of aryl methyl sites for hydroxylation is 1. The predicted octanol–water partition coefficient (Wildman–Crippen LogP) is 3.14. The van der Waals surface area contributed by atoms with Crippen molar-refractivity contribution in [2.24, 2.45) is 5.84 Å². The van der Waals surface area contributed by atoms with Gasteiger partial charge < -0.3 is 4.74 Å². The van der Waals surface area contributed by atoms with Crippen LogP contribution >= 0.6 is 11.6 Å². The van der Waals surface area contributed by atoms with Crippen molar-refractivity contribution in [3.8, 4) is 5.75 Å². The second kappa shape index (κ2) is 5.44. The molecular formula is C16H17ClN2O. The zero-order valence-corrected chi connectivity index (χ0v) is 12.1. The van der Waals surface area contributed by atoms with E-state index in [1.165, 1.54) is 5.56 Å². The number of ether oxygens (including phenoxy) is 1. The van der Waals surface area contributed by atoms with Gasteiger partial charge in [0, 0.05) is 11.4 Å². The Morgan fingerprint density at radius 1 is 1.20 bits per heavy atom. The van der Waals surface area contributed by atoms with Crippen LogP contribution in [0.1, 0.15) is 28.3 Å². The summed E-state index contributed by atoms with van der Waals surface area (Å²) in [5.74, 6) is 6.74. The fourth-order valence-electron chi connectivity index (χ4n) is 2.70.